The molecule has 0 aliphatic carbocycles. The fourth-order valence-electron chi connectivity index (χ4n) is 3.57. The number of nitrogens with one attached hydrogen (secondary N) is 2. The zero-order valence-electron chi connectivity index (χ0n) is 23.7. The molecule has 1 aromatic carbocycles. The number of carbonyl (C=O) groups excluding carboxylic acids is 2. The first-order valence-corrected chi connectivity index (χ1v) is 13.2. The number of hydrogen-bond donors (Lipinski definition) is 7. The molecule has 1 aromatic rings. The van der Waals surface area contributed by atoms with E-state index in [4.69, 9.17) is 40.9 Å². The molecular formula is C27H40FN3O12. The van der Waals surface area contributed by atoms with Gasteiger partial charge in [0.15, 0.2) is 6.10 Å². The highest BCUT2D eigenvalue weighted by molar-refractivity contribution is 5.95. The minimum absolute atomic E-state index is 0.0225. The van der Waals surface area contributed by atoms with Gasteiger partial charge in [0.2, 0.25) is 12.2 Å². The highest BCUT2D eigenvalue weighted by Gasteiger charge is 2.48. The van der Waals surface area contributed by atoms with Crippen LogP contribution in [-0.2, 0) is 40.0 Å². The summed E-state index contributed by atoms with van der Waals surface area (Å²) < 4.78 is 38.7. The molecule has 1 heterocycles. The van der Waals surface area contributed by atoms with Crippen LogP contribution in [0.4, 0.5) is 10.1 Å². The monoisotopic (exact) mass is 617 g/mol. The molecule has 1 aliphatic rings. The molecule has 1 amide bonds. The number of nitrogens with two attached hydrogens (primary N) is 1. The quantitative estimate of drug-likeness (QED) is 0.0431. The lowest BCUT2D eigenvalue weighted by Crippen LogP contribution is -2.61. The number of benzene rings is 1. The Kier molecular flexibility index (Phi) is 18.8. The number of carboxylic acid groups (broad SMARTS) is 1. The summed E-state index contributed by atoms with van der Waals surface area (Å²) in [6, 6.07) is 3.46. The fourth-order valence-corrected chi connectivity index (χ4v) is 3.57. The van der Waals surface area contributed by atoms with Gasteiger partial charge in [-0.2, -0.15) is 0 Å². The molecule has 242 valence electrons. The van der Waals surface area contributed by atoms with Gasteiger partial charge < -0.3 is 65.3 Å². The van der Waals surface area contributed by atoms with Gasteiger partial charge in [0.25, 0.3) is 0 Å². The fraction of sp³-hybridized carbons (Fsp3) is 0.593. The maximum Gasteiger partial charge on any atom is 0.335 e. The van der Waals surface area contributed by atoms with Gasteiger partial charge in [-0.15, -0.1) is 12.3 Å². The summed E-state index contributed by atoms with van der Waals surface area (Å²) in [5.41, 5.74) is 5.32. The van der Waals surface area contributed by atoms with Crippen LogP contribution in [0.15, 0.2) is 18.2 Å². The molecule has 0 bridgehead atoms. The molecule has 8 N–H and O–H groups in total. The lowest BCUT2D eigenvalue weighted by atomic mass is 9.99. The third-order valence-corrected chi connectivity index (χ3v) is 5.82. The minimum atomic E-state index is -1.87. The second-order valence-electron chi connectivity index (χ2n) is 8.81. The van der Waals surface area contributed by atoms with Crippen molar-refractivity contribution in [2.75, 3.05) is 52.1 Å². The van der Waals surface area contributed by atoms with Crippen LogP contribution in [0.5, 0.6) is 5.75 Å². The summed E-state index contributed by atoms with van der Waals surface area (Å²) in [6.45, 7) is 1.23. The average molecular weight is 618 g/mol. The smallest absolute Gasteiger partial charge is 0.335 e. The Balaban J connectivity index is 0.000000650. The van der Waals surface area contributed by atoms with Crippen LogP contribution in [0.3, 0.4) is 0 Å². The number of terminal acetylenes is 1. The molecule has 1 aliphatic heterocycles. The largest absolute Gasteiger partial charge is 0.479 e. The second kappa shape index (κ2) is 21.4. The van der Waals surface area contributed by atoms with Crippen LogP contribution in [0.25, 0.3) is 0 Å². The Morgan fingerprint density at radius 1 is 1.14 bits per heavy atom. The van der Waals surface area contributed by atoms with Gasteiger partial charge in [0.05, 0.1) is 39.2 Å². The van der Waals surface area contributed by atoms with Crippen molar-refractivity contribution in [1.29, 1.82) is 0 Å². The number of amides is 1. The molecule has 1 saturated heterocycles. The van der Waals surface area contributed by atoms with E-state index >= 15 is 0 Å². The Labute approximate surface area is 248 Å². The van der Waals surface area contributed by atoms with E-state index in [1.54, 1.807) is 7.05 Å². The van der Waals surface area contributed by atoms with E-state index < -0.39 is 49.4 Å². The standard InChI is InChI=1S/C20H25FN2O8.C7H15NO4/c1-3-4-5-12(22-2)18(27)23-11-6-7-13(10(8-11)9-21)30-20-16(26)14(24)15(25)17(31-20)19(28)29;8-7-12-6-5-11-4-3-10-2-1-9/h1,6-8,12,14-17,20,22,24-26H,4-5,9H2,2H3,(H,23,27)(H,28,29);1H,2-8H2. The molecule has 0 aromatic heterocycles. The van der Waals surface area contributed by atoms with Gasteiger partial charge in [-0.3, -0.25) is 4.79 Å². The number of aliphatic hydroxyl groups excluding tert-OH is 3. The SMILES string of the molecule is C#CCCC(NC)C(=O)Nc1ccc(OC2OC(C(=O)O)C(O)C(O)C2O)c(CF)c1.NCOCCOCCOCC=O. The number of likely N-dealkylation sites (N-methyl/N-ethyl adjacent to an activating group) is 1. The average Bonchev–Trinajstić information content (AvgIpc) is 2.99. The maximum absolute atomic E-state index is 13.6. The predicted molar refractivity (Wildman–Crippen MR) is 148 cm³/mol. The van der Waals surface area contributed by atoms with E-state index in [2.05, 4.69) is 16.6 Å². The molecule has 2 rings (SSSR count). The summed E-state index contributed by atoms with van der Waals surface area (Å²) in [7, 11) is 1.61. The van der Waals surface area contributed by atoms with E-state index in [0.717, 1.165) is 0 Å². The van der Waals surface area contributed by atoms with Crippen LogP contribution in [-0.4, -0.2) is 122 Å². The molecule has 43 heavy (non-hydrogen) atoms. The molecule has 1 fully saturated rings. The molecule has 6 atom stereocenters. The number of aldehydes is 1. The Hall–Kier alpha value is -3.24. The topological polar surface area (TPSA) is 228 Å². The number of halogens is 1. The van der Waals surface area contributed by atoms with Gasteiger partial charge in [-0.25, -0.2) is 9.18 Å². The first-order valence-electron chi connectivity index (χ1n) is 13.2. The third-order valence-electron chi connectivity index (χ3n) is 5.82. The first kappa shape index (κ1) is 37.8. The number of alkyl halides is 1. The van der Waals surface area contributed by atoms with E-state index in [-0.39, 0.29) is 36.2 Å². The number of anilines is 1. The Morgan fingerprint density at radius 3 is 2.40 bits per heavy atom. The van der Waals surface area contributed by atoms with Crippen molar-refractivity contribution < 1.29 is 62.9 Å². The highest BCUT2D eigenvalue weighted by Crippen LogP contribution is 2.29. The number of aliphatic hydroxyl groups is 3. The van der Waals surface area contributed by atoms with Gasteiger partial charge in [0.1, 0.15) is 43.6 Å². The number of carboxylic acids is 1. The normalized spacial score (nSPS) is 21.9. The number of rotatable bonds is 18. The number of ether oxygens (including phenoxy) is 5. The van der Waals surface area contributed by atoms with Gasteiger partial charge in [-0.05, 0) is 31.7 Å². The summed E-state index contributed by atoms with van der Waals surface area (Å²) >= 11 is 0. The summed E-state index contributed by atoms with van der Waals surface area (Å²) in [5, 5.41) is 44.2. The molecule has 16 heteroatoms. The van der Waals surface area contributed by atoms with Gasteiger partial charge in [0, 0.05) is 17.7 Å². The van der Waals surface area contributed by atoms with Crippen molar-refractivity contribution in [2.45, 2.75) is 56.3 Å². The van der Waals surface area contributed by atoms with Crippen LogP contribution < -0.4 is 21.1 Å². The molecule has 15 nitrogen and oxygen atoms in total. The zero-order chi connectivity index (χ0) is 32.2. The van der Waals surface area contributed by atoms with Crippen molar-refractivity contribution in [3.05, 3.63) is 23.8 Å². The van der Waals surface area contributed by atoms with Gasteiger partial charge in [-0.1, -0.05) is 0 Å². The van der Waals surface area contributed by atoms with Crippen molar-refractivity contribution in [3.63, 3.8) is 0 Å². The zero-order valence-corrected chi connectivity index (χ0v) is 23.7. The summed E-state index contributed by atoms with van der Waals surface area (Å²) in [6.07, 6.45) is -2.32. The Morgan fingerprint density at radius 2 is 1.81 bits per heavy atom. The van der Waals surface area contributed by atoms with Crippen LogP contribution in [0.2, 0.25) is 0 Å². The van der Waals surface area contributed by atoms with E-state index in [0.29, 0.717) is 45.6 Å². The second-order valence-corrected chi connectivity index (χ2v) is 8.81. The molecule has 0 spiro atoms. The number of aliphatic carboxylic acids is 1. The van der Waals surface area contributed by atoms with Crippen molar-refractivity contribution in [2.24, 2.45) is 5.73 Å². The third kappa shape index (κ3) is 13.3. The van der Waals surface area contributed by atoms with E-state index in [9.17, 15) is 34.1 Å². The van der Waals surface area contributed by atoms with Crippen molar-refractivity contribution >= 4 is 23.9 Å². The highest BCUT2D eigenvalue weighted by atomic mass is 19.1. The number of hydrogen-bond acceptors (Lipinski definition) is 13. The van der Waals surface area contributed by atoms with Crippen molar-refractivity contribution in [1.82, 2.24) is 5.32 Å². The lowest BCUT2D eigenvalue weighted by molar-refractivity contribution is -0.271. The molecule has 0 saturated carbocycles. The summed E-state index contributed by atoms with van der Waals surface area (Å²) in [5.74, 6) is 0.403. The van der Waals surface area contributed by atoms with Crippen LogP contribution in [0.1, 0.15) is 18.4 Å². The molecule has 6 unspecified atom stereocenters. The van der Waals surface area contributed by atoms with Gasteiger partial charge >= 0.3 is 5.97 Å². The van der Waals surface area contributed by atoms with Crippen LogP contribution >= 0.6 is 0 Å². The first-order chi connectivity index (χ1) is 20.6. The summed E-state index contributed by atoms with van der Waals surface area (Å²) in [4.78, 5) is 33.3. The van der Waals surface area contributed by atoms with Crippen LogP contribution in [0, 0.1) is 12.3 Å². The van der Waals surface area contributed by atoms with E-state index in [1.807, 2.05) is 0 Å². The maximum atomic E-state index is 13.6. The van der Waals surface area contributed by atoms with E-state index in [1.165, 1.54) is 18.2 Å². The molecular weight excluding hydrogens is 577 g/mol. The molecule has 0 radical (unpaired) electrons. The minimum Gasteiger partial charge on any atom is -0.479 e. The lowest BCUT2D eigenvalue weighted by Gasteiger charge is -2.38. The predicted octanol–water partition coefficient (Wildman–Crippen LogP) is -1.48. The van der Waals surface area contributed by atoms with Crippen molar-refractivity contribution in [3.8, 4) is 18.1 Å². The Bertz CT molecular complexity index is 1030. The number of carbonyl (C=O) groups is 3.